The van der Waals surface area contributed by atoms with E-state index >= 15 is 0 Å². The van der Waals surface area contributed by atoms with Gasteiger partial charge in [-0.3, -0.25) is 0 Å². The molecule has 6 nitrogen and oxygen atoms in total. The van der Waals surface area contributed by atoms with Crippen LogP contribution in [0.2, 0.25) is 0 Å². The van der Waals surface area contributed by atoms with Crippen LogP contribution in [0.3, 0.4) is 0 Å². The second-order valence-electron chi connectivity index (χ2n) is 10.0. The van der Waals surface area contributed by atoms with E-state index in [1.807, 2.05) is 32.9 Å². The minimum absolute atomic E-state index is 0.250. The van der Waals surface area contributed by atoms with E-state index < -0.39 is 5.60 Å². The summed E-state index contributed by atoms with van der Waals surface area (Å²) in [5.41, 5.74) is 4.21. The lowest BCUT2D eigenvalue weighted by atomic mass is 9.95. The first-order valence-corrected chi connectivity index (χ1v) is 12.0. The normalized spacial score (nSPS) is 16.8. The molecule has 1 fully saturated rings. The van der Waals surface area contributed by atoms with Crippen LogP contribution < -0.4 is 14.8 Å². The van der Waals surface area contributed by atoms with Gasteiger partial charge in [0, 0.05) is 13.1 Å². The Kier molecular flexibility index (Phi) is 7.13. The van der Waals surface area contributed by atoms with Gasteiger partial charge in [-0.1, -0.05) is 12.1 Å². The Balaban J connectivity index is 1.33. The maximum Gasteiger partial charge on any atom is 0.410 e. The van der Waals surface area contributed by atoms with Crippen LogP contribution in [-0.4, -0.2) is 42.3 Å². The Morgan fingerprint density at radius 1 is 1.09 bits per heavy atom. The van der Waals surface area contributed by atoms with Crippen LogP contribution in [0.5, 0.6) is 11.5 Å². The van der Waals surface area contributed by atoms with Crippen LogP contribution in [0.25, 0.3) is 0 Å². The van der Waals surface area contributed by atoms with E-state index in [1.54, 1.807) is 4.90 Å². The monoisotopic (exact) mass is 452 g/mol. The average Bonchev–Trinajstić information content (AvgIpc) is 2.78. The van der Waals surface area contributed by atoms with Gasteiger partial charge >= 0.3 is 6.09 Å². The minimum atomic E-state index is -0.484. The number of piperidine rings is 1. The predicted molar refractivity (Wildman–Crippen MR) is 129 cm³/mol. The summed E-state index contributed by atoms with van der Waals surface area (Å²) in [6, 6.07) is 12.4. The number of aryl methyl sites for hydroxylation is 1. The van der Waals surface area contributed by atoms with E-state index in [1.165, 1.54) is 11.1 Å². The van der Waals surface area contributed by atoms with Gasteiger partial charge in [0.1, 0.15) is 29.8 Å². The average molecular weight is 453 g/mol. The molecule has 2 aromatic carbocycles. The molecular weight excluding hydrogens is 416 g/mol. The van der Waals surface area contributed by atoms with Crippen molar-refractivity contribution in [3.63, 3.8) is 0 Å². The van der Waals surface area contributed by atoms with Gasteiger partial charge in [-0.2, -0.15) is 0 Å². The molecule has 0 saturated carbocycles. The minimum Gasteiger partial charge on any atom is -0.490 e. The summed E-state index contributed by atoms with van der Waals surface area (Å²) >= 11 is 0. The van der Waals surface area contributed by atoms with Gasteiger partial charge in [-0.05, 0) is 107 Å². The van der Waals surface area contributed by atoms with Crippen molar-refractivity contribution in [2.75, 3.05) is 19.6 Å². The summed E-state index contributed by atoms with van der Waals surface area (Å²) in [5, 5.41) is 3.36. The summed E-state index contributed by atoms with van der Waals surface area (Å²) in [5.74, 6) is 1.79. The predicted octanol–water partition coefficient (Wildman–Crippen LogP) is 5.00. The Hall–Kier alpha value is -2.73. The van der Waals surface area contributed by atoms with Gasteiger partial charge in [-0.25, -0.2) is 4.79 Å². The molecule has 0 radical (unpaired) electrons. The Bertz CT molecular complexity index is 959. The fourth-order valence-corrected chi connectivity index (χ4v) is 4.33. The molecule has 1 amide bonds. The molecule has 0 aliphatic carbocycles. The maximum absolute atomic E-state index is 12.5. The third-order valence-electron chi connectivity index (χ3n) is 6.11. The smallest absolute Gasteiger partial charge is 0.410 e. The van der Waals surface area contributed by atoms with Crippen molar-refractivity contribution >= 4 is 6.09 Å². The van der Waals surface area contributed by atoms with E-state index in [2.05, 4.69) is 36.5 Å². The van der Waals surface area contributed by atoms with E-state index in [-0.39, 0.29) is 6.09 Å². The highest BCUT2D eigenvalue weighted by molar-refractivity contribution is 5.69. The van der Waals surface area contributed by atoms with Gasteiger partial charge in [-0.15, -0.1) is 0 Å². The lowest BCUT2D eigenvalue weighted by Crippen LogP contribution is -2.40. The number of ether oxygens (including phenoxy) is 3. The molecule has 0 spiro atoms. The molecule has 0 atom stereocenters. The van der Waals surface area contributed by atoms with Crippen LogP contribution in [-0.2, 0) is 24.3 Å². The second-order valence-corrected chi connectivity index (χ2v) is 10.0. The third kappa shape index (κ3) is 6.41. The number of nitrogens with one attached hydrogen (secondary N) is 1. The summed E-state index contributed by atoms with van der Waals surface area (Å²) in [6.07, 6.45) is 2.96. The standard InChI is InChI=1S/C27H36N2O4/c1-19-15-24(16-21-11-14-29(17-25(19)21)26(30)33-27(2,3)4)31-18-20-5-7-22(8-6-20)32-23-9-12-28-13-10-23/h5-8,15-16,23,28H,9-14,17-18H2,1-4H3. The van der Waals surface area contributed by atoms with Crippen molar-refractivity contribution in [2.45, 2.75) is 71.8 Å². The summed E-state index contributed by atoms with van der Waals surface area (Å²) < 4.78 is 17.7. The van der Waals surface area contributed by atoms with Gasteiger partial charge < -0.3 is 24.4 Å². The summed E-state index contributed by atoms with van der Waals surface area (Å²) in [7, 11) is 0. The Labute approximate surface area is 197 Å². The number of carbonyl (C=O) groups excluding carboxylic acids is 1. The molecule has 0 aromatic heterocycles. The molecule has 2 aromatic rings. The summed E-state index contributed by atoms with van der Waals surface area (Å²) in [4.78, 5) is 14.3. The molecular formula is C27H36N2O4. The molecule has 178 valence electrons. The summed E-state index contributed by atoms with van der Waals surface area (Å²) in [6.45, 7) is 11.6. The lowest BCUT2D eigenvalue weighted by molar-refractivity contribution is 0.0223. The molecule has 2 aliphatic heterocycles. The van der Waals surface area contributed by atoms with Gasteiger partial charge in [0.15, 0.2) is 0 Å². The fourth-order valence-electron chi connectivity index (χ4n) is 4.33. The van der Waals surface area contributed by atoms with Crippen molar-refractivity contribution in [3.05, 3.63) is 58.7 Å². The van der Waals surface area contributed by atoms with E-state index in [9.17, 15) is 4.79 Å². The van der Waals surface area contributed by atoms with Crippen molar-refractivity contribution in [2.24, 2.45) is 0 Å². The maximum atomic E-state index is 12.5. The molecule has 0 unspecified atom stereocenters. The molecule has 6 heteroatoms. The van der Waals surface area contributed by atoms with Crippen LogP contribution >= 0.6 is 0 Å². The van der Waals surface area contributed by atoms with Crippen LogP contribution in [0, 0.1) is 6.92 Å². The van der Waals surface area contributed by atoms with Crippen LogP contribution in [0.15, 0.2) is 36.4 Å². The highest BCUT2D eigenvalue weighted by Gasteiger charge is 2.27. The SMILES string of the molecule is Cc1cc(OCc2ccc(OC3CCNCC3)cc2)cc2c1CN(C(=O)OC(C)(C)C)CC2. The van der Waals surface area contributed by atoms with E-state index in [4.69, 9.17) is 14.2 Å². The third-order valence-corrected chi connectivity index (χ3v) is 6.11. The van der Waals surface area contributed by atoms with E-state index in [0.29, 0.717) is 25.8 Å². The van der Waals surface area contributed by atoms with Gasteiger partial charge in [0.25, 0.3) is 0 Å². The first kappa shape index (κ1) is 23.4. The van der Waals surface area contributed by atoms with Crippen molar-refractivity contribution in [1.82, 2.24) is 10.2 Å². The number of benzene rings is 2. The molecule has 2 heterocycles. The quantitative estimate of drug-likeness (QED) is 0.692. The molecule has 33 heavy (non-hydrogen) atoms. The molecule has 0 bridgehead atoms. The first-order chi connectivity index (χ1) is 15.8. The number of amides is 1. The van der Waals surface area contributed by atoms with Crippen LogP contribution in [0.1, 0.15) is 55.9 Å². The second kappa shape index (κ2) is 10.0. The zero-order valence-corrected chi connectivity index (χ0v) is 20.3. The zero-order valence-electron chi connectivity index (χ0n) is 20.3. The Morgan fingerprint density at radius 2 is 1.82 bits per heavy atom. The van der Waals surface area contributed by atoms with Gasteiger partial charge in [0.05, 0.1) is 0 Å². The highest BCUT2D eigenvalue weighted by Crippen LogP contribution is 2.29. The lowest BCUT2D eigenvalue weighted by Gasteiger charge is -2.32. The highest BCUT2D eigenvalue weighted by atomic mass is 16.6. The molecule has 1 saturated heterocycles. The topological polar surface area (TPSA) is 60.0 Å². The molecule has 2 aliphatic rings. The van der Waals surface area contributed by atoms with Crippen molar-refractivity contribution in [1.29, 1.82) is 0 Å². The number of rotatable bonds is 5. The number of fused-ring (bicyclic) bond motifs is 1. The van der Waals surface area contributed by atoms with Crippen LogP contribution in [0.4, 0.5) is 4.79 Å². The van der Waals surface area contributed by atoms with Gasteiger partial charge in [0.2, 0.25) is 0 Å². The number of carbonyl (C=O) groups is 1. The number of hydrogen-bond acceptors (Lipinski definition) is 5. The molecule has 1 N–H and O–H groups in total. The number of nitrogens with zero attached hydrogens (tertiary/aromatic N) is 1. The molecule has 4 rings (SSSR count). The Morgan fingerprint density at radius 3 is 2.52 bits per heavy atom. The zero-order chi connectivity index (χ0) is 23.4. The van der Waals surface area contributed by atoms with E-state index in [0.717, 1.165) is 55.0 Å². The van der Waals surface area contributed by atoms with Crippen molar-refractivity contribution in [3.8, 4) is 11.5 Å². The van der Waals surface area contributed by atoms with Crippen molar-refractivity contribution < 1.29 is 19.0 Å². The largest absolute Gasteiger partial charge is 0.490 e. The first-order valence-electron chi connectivity index (χ1n) is 12.0. The fraction of sp³-hybridized carbons (Fsp3) is 0.519. The number of hydrogen-bond donors (Lipinski definition) is 1.